The molecule has 4 aromatic rings. The summed E-state index contributed by atoms with van der Waals surface area (Å²) in [6, 6.07) is 10.2. The smallest absolute Gasteiger partial charge is 0.332 e. The van der Waals surface area contributed by atoms with Gasteiger partial charge in [-0.3, -0.25) is 24.0 Å². The van der Waals surface area contributed by atoms with E-state index in [1.165, 1.54) is 22.1 Å². The number of methoxy groups -OCH3 is 1. The fourth-order valence-corrected chi connectivity index (χ4v) is 3.71. The fourth-order valence-electron chi connectivity index (χ4n) is 3.10. The third-order valence-electron chi connectivity index (χ3n) is 4.56. The standard InChI is InChI=1S/C20H18N6O4S/c1-12-23-24-19(31-12)22-16(27)11-25-15-4-3-9-21-17(15)18(28)26(20(25)29)10-13-5-7-14(30-2)8-6-13/h3-9H,10-11H2,1-2H3,(H,22,24,27). The molecule has 11 heteroatoms. The number of anilines is 1. The summed E-state index contributed by atoms with van der Waals surface area (Å²) in [5.41, 5.74) is -0.00407. The van der Waals surface area contributed by atoms with E-state index in [1.54, 1.807) is 50.4 Å². The lowest BCUT2D eigenvalue weighted by Gasteiger charge is -2.13. The Morgan fingerprint density at radius 3 is 2.58 bits per heavy atom. The normalized spacial score (nSPS) is 10.9. The van der Waals surface area contributed by atoms with Gasteiger partial charge >= 0.3 is 5.69 Å². The second-order valence-corrected chi connectivity index (χ2v) is 7.84. The molecule has 0 fully saturated rings. The number of hydrogen-bond donors (Lipinski definition) is 1. The molecule has 1 aromatic carbocycles. The Kier molecular flexibility index (Phi) is 5.58. The van der Waals surface area contributed by atoms with Gasteiger partial charge in [-0.1, -0.05) is 23.5 Å². The molecule has 0 saturated heterocycles. The van der Waals surface area contributed by atoms with Crippen LogP contribution in [0.1, 0.15) is 10.6 Å². The van der Waals surface area contributed by atoms with Crippen LogP contribution in [0.5, 0.6) is 5.75 Å². The number of nitrogens with one attached hydrogen (secondary N) is 1. The summed E-state index contributed by atoms with van der Waals surface area (Å²) in [5, 5.41) is 11.4. The molecule has 31 heavy (non-hydrogen) atoms. The molecule has 4 rings (SSSR count). The van der Waals surface area contributed by atoms with Crippen LogP contribution in [0, 0.1) is 6.92 Å². The number of fused-ring (bicyclic) bond motifs is 1. The van der Waals surface area contributed by atoms with E-state index in [4.69, 9.17) is 4.74 Å². The number of rotatable bonds is 6. The molecule has 0 aliphatic rings. The zero-order valence-electron chi connectivity index (χ0n) is 16.7. The molecule has 158 valence electrons. The molecule has 0 radical (unpaired) electrons. The van der Waals surface area contributed by atoms with Crippen LogP contribution in [0.25, 0.3) is 11.0 Å². The highest BCUT2D eigenvalue weighted by atomic mass is 32.1. The summed E-state index contributed by atoms with van der Waals surface area (Å²) in [4.78, 5) is 42.8. The summed E-state index contributed by atoms with van der Waals surface area (Å²) >= 11 is 1.23. The molecule has 0 saturated carbocycles. The summed E-state index contributed by atoms with van der Waals surface area (Å²) < 4.78 is 7.44. The van der Waals surface area contributed by atoms with Crippen molar-refractivity contribution in [1.29, 1.82) is 0 Å². The number of pyridine rings is 1. The molecule has 3 aromatic heterocycles. The van der Waals surface area contributed by atoms with Crippen LogP contribution in [0.15, 0.2) is 52.2 Å². The number of aromatic nitrogens is 5. The fraction of sp³-hybridized carbons (Fsp3) is 0.200. The van der Waals surface area contributed by atoms with Crippen molar-refractivity contribution in [1.82, 2.24) is 24.3 Å². The summed E-state index contributed by atoms with van der Waals surface area (Å²) in [7, 11) is 1.56. The molecule has 1 N–H and O–H groups in total. The van der Waals surface area contributed by atoms with E-state index in [0.29, 0.717) is 15.9 Å². The minimum Gasteiger partial charge on any atom is -0.497 e. The molecule has 0 bridgehead atoms. The Bertz CT molecular complexity index is 1370. The second kappa shape index (κ2) is 8.48. The maximum atomic E-state index is 13.2. The molecule has 10 nitrogen and oxygen atoms in total. The highest BCUT2D eigenvalue weighted by Crippen LogP contribution is 2.14. The van der Waals surface area contributed by atoms with Crippen molar-refractivity contribution in [3.63, 3.8) is 0 Å². The van der Waals surface area contributed by atoms with Crippen molar-refractivity contribution in [2.24, 2.45) is 0 Å². The van der Waals surface area contributed by atoms with Gasteiger partial charge in [0, 0.05) is 6.20 Å². The van der Waals surface area contributed by atoms with Gasteiger partial charge in [0.2, 0.25) is 11.0 Å². The Morgan fingerprint density at radius 1 is 1.13 bits per heavy atom. The molecule has 0 aliphatic carbocycles. The van der Waals surface area contributed by atoms with Gasteiger partial charge < -0.3 is 4.74 Å². The molecule has 0 atom stereocenters. The van der Waals surface area contributed by atoms with Crippen LogP contribution in [-0.4, -0.2) is 37.3 Å². The molecule has 0 spiro atoms. The quantitative estimate of drug-likeness (QED) is 0.483. The number of benzene rings is 1. The predicted molar refractivity (Wildman–Crippen MR) is 116 cm³/mol. The summed E-state index contributed by atoms with van der Waals surface area (Å²) in [6.45, 7) is 1.50. The molecule has 3 heterocycles. The van der Waals surface area contributed by atoms with Crippen LogP contribution >= 0.6 is 11.3 Å². The Balaban J connectivity index is 1.74. The maximum Gasteiger partial charge on any atom is 0.332 e. The number of amides is 1. The summed E-state index contributed by atoms with van der Waals surface area (Å²) in [6.07, 6.45) is 1.47. The van der Waals surface area contributed by atoms with Gasteiger partial charge in [0.05, 0.1) is 19.2 Å². The average molecular weight is 438 g/mol. The van der Waals surface area contributed by atoms with Crippen LogP contribution in [-0.2, 0) is 17.9 Å². The van der Waals surface area contributed by atoms with Crippen molar-refractivity contribution < 1.29 is 9.53 Å². The van der Waals surface area contributed by atoms with Gasteiger partial charge in [-0.2, -0.15) is 0 Å². The second-order valence-electron chi connectivity index (χ2n) is 6.65. The highest BCUT2D eigenvalue weighted by Gasteiger charge is 2.17. The van der Waals surface area contributed by atoms with Crippen molar-refractivity contribution in [3.8, 4) is 5.75 Å². The lowest BCUT2D eigenvalue weighted by molar-refractivity contribution is -0.116. The maximum absolute atomic E-state index is 13.2. The Labute approximate surface area is 179 Å². The number of aryl methyl sites for hydroxylation is 1. The molecule has 0 aliphatic heterocycles. The lowest BCUT2D eigenvalue weighted by Crippen LogP contribution is -2.42. The highest BCUT2D eigenvalue weighted by molar-refractivity contribution is 7.15. The molecule has 1 amide bonds. The first kappa shape index (κ1) is 20.4. The van der Waals surface area contributed by atoms with Crippen molar-refractivity contribution in [2.45, 2.75) is 20.0 Å². The minimum absolute atomic E-state index is 0.0331. The first-order valence-electron chi connectivity index (χ1n) is 9.27. The van der Waals surface area contributed by atoms with Crippen molar-refractivity contribution in [2.75, 3.05) is 12.4 Å². The molecular weight excluding hydrogens is 420 g/mol. The number of ether oxygens (including phenoxy) is 1. The topological polar surface area (TPSA) is 121 Å². The van der Waals surface area contributed by atoms with Crippen LogP contribution < -0.4 is 21.3 Å². The van der Waals surface area contributed by atoms with Crippen LogP contribution in [0.3, 0.4) is 0 Å². The third-order valence-corrected chi connectivity index (χ3v) is 5.31. The molecule has 0 unspecified atom stereocenters. The van der Waals surface area contributed by atoms with Gasteiger partial charge in [-0.25, -0.2) is 9.78 Å². The first-order valence-corrected chi connectivity index (χ1v) is 10.1. The predicted octanol–water partition coefficient (Wildman–Crippen LogP) is 1.41. The minimum atomic E-state index is -0.607. The monoisotopic (exact) mass is 438 g/mol. The van der Waals surface area contributed by atoms with Gasteiger partial charge in [0.15, 0.2) is 5.52 Å². The summed E-state index contributed by atoms with van der Waals surface area (Å²) in [5.74, 6) is 0.204. The third kappa shape index (κ3) is 4.21. The van der Waals surface area contributed by atoms with Crippen LogP contribution in [0.2, 0.25) is 0 Å². The number of carbonyl (C=O) groups excluding carboxylic acids is 1. The lowest BCUT2D eigenvalue weighted by atomic mass is 10.2. The van der Waals surface area contributed by atoms with Gasteiger partial charge in [0.1, 0.15) is 17.3 Å². The first-order chi connectivity index (χ1) is 15.0. The van der Waals surface area contributed by atoms with Crippen molar-refractivity contribution in [3.05, 3.63) is 74.0 Å². The van der Waals surface area contributed by atoms with Crippen molar-refractivity contribution >= 4 is 33.4 Å². The zero-order valence-corrected chi connectivity index (χ0v) is 17.5. The van der Waals surface area contributed by atoms with Gasteiger partial charge in [0.25, 0.3) is 5.56 Å². The largest absolute Gasteiger partial charge is 0.497 e. The van der Waals surface area contributed by atoms with E-state index in [0.717, 1.165) is 10.1 Å². The average Bonchev–Trinajstić information content (AvgIpc) is 3.19. The SMILES string of the molecule is COc1ccc(Cn2c(=O)c3ncccc3n(CC(=O)Nc3nnc(C)s3)c2=O)cc1. The van der Waals surface area contributed by atoms with E-state index in [9.17, 15) is 14.4 Å². The number of carbonyl (C=O) groups is 1. The zero-order chi connectivity index (χ0) is 22.0. The Morgan fingerprint density at radius 2 is 1.90 bits per heavy atom. The van der Waals surface area contributed by atoms with E-state index < -0.39 is 17.2 Å². The van der Waals surface area contributed by atoms with E-state index in [-0.39, 0.29) is 24.1 Å². The van der Waals surface area contributed by atoms with E-state index in [2.05, 4.69) is 20.5 Å². The van der Waals surface area contributed by atoms with E-state index in [1.807, 2.05) is 0 Å². The van der Waals surface area contributed by atoms with Crippen LogP contribution in [0.4, 0.5) is 5.13 Å². The number of hydrogen-bond acceptors (Lipinski definition) is 8. The molecular formula is C20H18N6O4S. The van der Waals surface area contributed by atoms with Gasteiger partial charge in [-0.15, -0.1) is 10.2 Å². The number of nitrogens with zero attached hydrogens (tertiary/aromatic N) is 5. The van der Waals surface area contributed by atoms with Gasteiger partial charge in [-0.05, 0) is 36.8 Å². The Hall–Kier alpha value is -3.86. The van der Waals surface area contributed by atoms with E-state index >= 15 is 0 Å².